The molecule has 0 aliphatic carbocycles. The first-order chi connectivity index (χ1) is 13.9. The second-order valence-electron chi connectivity index (χ2n) is 5.94. The van der Waals surface area contributed by atoms with Crippen LogP contribution in [0.15, 0.2) is 57.1 Å². The van der Waals surface area contributed by atoms with Crippen molar-refractivity contribution in [3.63, 3.8) is 0 Å². The van der Waals surface area contributed by atoms with E-state index in [4.69, 9.17) is 9.84 Å². The van der Waals surface area contributed by atoms with Gasteiger partial charge in [-0.05, 0) is 48.0 Å². The summed E-state index contributed by atoms with van der Waals surface area (Å²) in [7, 11) is 0. The third kappa shape index (κ3) is 6.13. The van der Waals surface area contributed by atoms with Crippen LogP contribution < -0.4 is 10.1 Å². The number of carbonyl (C=O) groups is 2. The fraction of sp³-hybridized carbons (Fsp3) is 0.158. The van der Waals surface area contributed by atoms with E-state index in [-0.39, 0.29) is 24.0 Å². The molecule has 0 spiro atoms. The number of nitrogens with zero attached hydrogens (tertiary/aromatic N) is 2. The topological polar surface area (TPSA) is 100 Å². The summed E-state index contributed by atoms with van der Waals surface area (Å²) in [5.74, 6) is -1.15. The first-order valence-corrected chi connectivity index (χ1v) is 10.0. The molecule has 2 aromatic carbocycles. The number of halogens is 2. The average Bonchev–Trinajstić information content (AvgIpc) is 3.02. The number of hydrogen-bond acceptors (Lipinski definition) is 6. The summed E-state index contributed by atoms with van der Waals surface area (Å²) in [6.45, 7) is 0.216. The van der Waals surface area contributed by atoms with Crippen LogP contribution in [0.2, 0.25) is 0 Å². The number of amidine groups is 1. The lowest BCUT2D eigenvalue weighted by atomic mass is 10.2. The minimum absolute atomic E-state index is 0.216. The minimum atomic E-state index is -1.05. The molecule has 0 saturated carbocycles. The number of carboxylic acids is 1. The van der Waals surface area contributed by atoms with Crippen LogP contribution >= 0.6 is 27.7 Å². The zero-order chi connectivity index (χ0) is 20.8. The number of aliphatic carboxylic acids is 1. The van der Waals surface area contributed by atoms with E-state index in [9.17, 15) is 14.0 Å². The number of benzene rings is 2. The van der Waals surface area contributed by atoms with Gasteiger partial charge in [-0.3, -0.25) is 9.59 Å². The Balaban J connectivity index is 1.54. The van der Waals surface area contributed by atoms with Crippen LogP contribution in [0.1, 0.15) is 17.5 Å². The molecule has 1 amide bonds. The van der Waals surface area contributed by atoms with Gasteiger partial charge in [0.05, 0.1) is 12.6 Å². The van der Waals surface area contributed by atoms with Crippen LogP contribution in [-0.4, -0.2) is 33.6 Å². The number of carbonyl (C=O) groups excluding carboxylic acids is 1. The lowest BCUT2D eigenvalue weighted by Gasteiger charge is -2.08. The Morgan fingerprint density at radius 2 is 2.07 bits per heavy atom. The molecular formula is C19H15BrFN3O4S. The summed E-state index contributed by atoms with van der Waals surface area (Å²) in [6.07, 6.45) is 1.23. The molecule has 2 N–H and O–H groups in total. The highest BCUT2D eigenvalue weighted by Gasteiger charge is 2.32. The molecule has 1 aliphatic rings. The second-order valence-corrected chi connectivity index (χ2v) is 7.98. The van der Waals surface area contributed by atoms with Crippen molar-refractivity contribution in [1.29, 1.82) is 0 Å². The zero-order valence-corrected chi connectivity index (χ0v) is 17.2. The maximum atomic E-state index is 13.3. The first-order valence-electron chi connectivity index (χ1n) is 8.38. The van der Waals surface area contributed by atoms with E-state index in [2.05, 4.69) is 31.4 Å². The molecular weight excluding hydrogens is 465 g/mol. The van der Waals surface area contributed by atoms with E-state index >= 15 is 0 Å². The first kappa shape index (κ1) is 21.0. The number of nitrogens with one attached hydrogen (secondary N) is 1. The van der Waals surface area contributed by atoms with Crippen molar-refractivity contribution in [2.24, 2.45) is 10.2 Å². The lowest BCUT2D eigenvalue weighted by Crippen LogP contribution is -2.26. The summed E-state index contributed by atoms with van der Waals surface area (Å²) in [5.41, 5.74) is 1.45. The second kappa shape index (κ2) is 9.66. The summed E-state index contributed by atoms with van der Waals surface area (Å²) in [4.78, 5) is 22.3. The van der Waals surface area contributed by atoms with Gasteiger partial charge in [-0.2, -0.15) is 5.10 Å². The van der Waals surface area contributed by atoms with Crippen LogP contribution in [0.5, 0.6) is 5.75 Å². The molecule has 0 radical (unpaired) electrons. The summed E-state index contributed by atoms with van der Waals surface area (Å²) in [6, 6.07) is 11.4. The molecule has 1 heterocycles. The summed E-state index contributed by atoms with van der Waals surface area (Å²) in [5, 5.41) is 18.6. The number of carboxylic acid groups (broad SMARTS) is 1. The van der Waals surface area contributed by atoms with Gasteiger partial charge < -0.3 is 15.2 Å². The molecule has 3 rings (SSSR count). The molecule has 0 bridgehead atoms. The normalized spacial score (nSPS) is 17.7. The van der Waals surface area contributed by atoms with Gasteiger partial charge in [-0.1, -0.05) is 27.7 Å². The van der Waals surface area contributed by atoms with E-state index in [1.807, 2.05) is 0 Å². The minimum Gasteiger partial charge on any atom is -0.489 e. The van der Waals surface area contributed by atoms with Crippen molar-refractivity contribution in [2.75, 3.05) is 0 Å². The number of thioether (sulfide) groups is 1. The average molecular weight is 480 g/mol. The van der Waals surface area contributed by atoms with Crippen molar-refractivity contribution < 1.29 is 23.8 Å². The van der Waals surface area contributed by atoms with Crippen LogP contribution in [0, 0.1) is 5.82 Å². The molecule has 10 heteroatoms. The maximum absolute atomic E-state index is 13.3. The van der Waals surface area contributed by atoms with Gasteiger partial charge in [0.25, 0.3) is 0 Å². The van der Waals surface area contributed by atoms with Gasteiger partial charge in [0.2, 0.25) is 5.91 Å². The molecule has 1 saturated heterocycles. The van der Waals surface area contributed by atoms with Crippen LogP contribution in [0.25, 0.3) is 0 Å². The van der Waals surface area contributed by atoms with Crippen molar-refractivity contribution in [1.82, 2.24) is 5.32 Å². The summed E-state index contributed by atoms with van der Waals surface area (Å²) >= 11 is 4.39. The Bertz CT molecular complexity index is 982. The molecule has 150 valence electrons. The van der Waals surface area contributed by atoms with Crippen molar-refractivity contribution >= 4 is 51.0 Å². The van der Waals surface area contributed by atoms with Crippen LogP contribution in [-0.2, 0) is 16.2 Å². The van der Waals surface area contributed by atoms with Gasteiger partial charge in [0, 0.05) is 10.0 Å². The van der Waals surface area contributed by atoms with Crippen LogP contribution in [0.4, 0.5) is 4.39 Å². The molecule has 29 heavy (non-hydrogen) atoms. The smallest absolute Gasteiger partial charge is 0.305 e. The fourth-order valence-corrected chi connectivity index (χ4v) is 3.63. The highest BCUT2D eigenvalue weighted by molar-refractivity contribution is 9.10. The van der Waals surface area contributed by atoms with E-state index < -0.39 is 17.1 Å². The SMILES string of the molecule is O=C(O)CC1SC(=NN=Cc2ccc(OCc3cc(F)ccc3Br)cc2)NC1=O. The molecule has 1 atom stereocenters. The Hall–Kier alpha value is -2.72. The van der Waals surface area contributed by atoms with Gasteiger partial charge in [-0.15, -0.1) is 5.10 Å². The number of hydrogen-bond donors (Lipinski definition) is 2. The molecule has 2 aromatic rings. The predicted molar refractivity (Wildman–Crippen MR) is 112 cm³/mol. The highest BCUT2D eigenvalue weighted by atomic mass is 79.9. The molecule has 0 aromatic heterocycles. The van der Waals surface area contributed by atoms with E-state index in [1.54, 1.807) is 30.3 Å². The molecule has 1 fully saturated rings. The third-order valence-electron chi connectivity index (χ3n) is 3.77. The van der Waals surface area contributed by atoms with Crippen molar-refractivity contribution in [3.8, 4) is 5.75 Å². The standard InChI is InChI=1S/C19H15BrFN3O4S/c20-15-6-3-13(21)7-12(15)10-28-14-4-1-11(2-5-14)9-22-24-19-23-18(27)16(29-19)8-17(25)26/h1-7,9,16H,8,10H2,(H,25,26)(H,23,24,27). The molecule has 7 nitrogen and oxygen atoms in total. The van der Waals surface area contributed by atoms with Crippen molar-refractivity contribution in [3.05, 3.63) is 63.9 Å². The number of amides is 1. The van der Waals surface area contributed by atoms with Gasteiger partial charge in [0.1, 0.15) is 23.4 Å². The lowest BCUT2D eigenvalue weighted by molar-refractivity contribution is -0.138. The third-order valence-corrected chi connectivity index (χ3v) is 5.62. The highest BCUT2D eigenvalue weighted by Crippen LogP contribution is 2.23. The molecule has 1 aliphatic heterocycles. The zero-order valence-electron chi connectivity index (χ0n) is 14.8. The number of ether oxygens (including phenoxy) is 1. The maximum Gasteiger partial charge on any atom is 0.305 e. The van der Waals surface area contributed by atoms with Gasteiger partial charge in [0.15, 0.2) is 5.17 Å². The Morgan fingerprint density at radius 3 is 2.79 bits per heavy atom. The quantitative estimate of drug-likeness (QED) is 0.467. The van der Waals surface area contributed by atoms with Gasteiger partial charge >= 0.3 is 5.97 Å². The van der Waals surface area contributed by atoms with Crippen molar-refractivity contribution in [2.45, 2.75) is 18.3 Å². The Morgan fingerprint density at radius 1 is 1.31 bits per heavy atom. The van der Waals surface area contributed by atoms with E-state index in [0.29, 0.717) is 11.3 Å². The van der Waals surface area contributed by atoms with E-state index in [1.165, 1.54) is 18.3 Å². The summed E-state index contributed by atoms with van der Waals surface area (Å²) < 4.78 is 19.7. The Labute approximate surface area is 178 Å². The van der Waals surface area contributed by atoms with E-state index in [0.717, 1.165) is 21.8 Å². The number of rotatable bonds is 7. The monoisotopic (exact) mass is 479 g/mol. The predicted octanol–water partition coefficient (Wildman–Crippen LogP) is 3.56. The van der Waals surface area contributed by atoms with Crippen LogP contribution in [0.3, 0.4) is 0 Å². The fourth-order valence-electron chi connectivity index (χ4n) is 2.36. The molecule has 1 unspecified atom stereocenters. The largest absolute Gasteiger partial charge is 0.489 e. The Kier molecular flexibility index (Phi) is 6.99. The van der Waals surface area contributed by atoms with Gasteiger partial charge in [-0.25, -0.2) is 4.39 Å².